The standard InChI is InChI=1S/C21H26F2N4O4S3/c1-11(2)16-18(29)31-12(4-5-21(22,23)9-32)6-14(28)24-7-15-25-13(8-33-15)17-27-20(3,10-34-17)19(30)26-16/h4-5,8,11-12,16,32H,6-7,9-10H2,1-3H3,(H,24,28)(H,26,30)/b5-4+/t12-,16+,20+/m1/s1. The molecule has 2 N–H and O–H groups in total. The molecule has 2 aliphatic heterocycles. The summed E-state index contributed by atoms with van der Waals surface area (Å²) in [5, 5.41) is 8.38. The molecular formula is C21H26F2N4O4S3. The number of thiol groups is 1. The van der Waals surface area contributed by atoms with Gasteiger partial charge in [-0.05, 0) is 25.0 Å². The molecule has 0 unspecified atom stereocenters. The molecule has 3 atom stereocenters. The van der Waals surface area contributed by atoms with E-state index in [1.54, 1.807) is 26.2 Å². The van der Waals surface area contributed by atoms with E-state index in [1.165, 1.54) is 23.1 Å². The number of nitrogens with zero attached hydrogens (tertiary/aromatic N) is 2. The van der Waals surface area contributed by atoms with Crippen LogP contribution in [-0.2, 0) is 25.7 Å². The second kappa shape index (κ2) is 10.7. The number of esters is 1. The summed E-state index contributed by atoms with van der Waals surface area (Å²) in [6.07, 6.45) is -0.101. The molecule has 0 aliphatic carbocycles. The second-order valence-electron chi connectivity index (χ2n) is 8.54. The number of hydrogen-bond acceptors (Lipinski definition) is 9. The van der Waals surface area contributed by atoms with E-state index in [9.17, 15) is 23.2 Å². The maximum absolute atomic E-state index is 13.7. The molecule has 1 aromatic heterocycles. The van der Waals surface area contributed by atoms with Crippen LogP contribution in [0.3, 0.4) is 0 Å². The zero-order valence-corrected chi connectivity index (χ0v) is 21.4. The van der Waals surface area contributed by atoms with Crippen molar-refractivity contribution in [1.82, 2.24) is 15.6 Å². The van der Waals surface area contributed by atoms with E-state index in [1.807, 2.05) is 0 Å². The van der Waals surface area contributed by atoms with E-state index < -0.39 is 47.1 Å². The highest BCUT2D eigenvalue weighted by Gasteiger charge is 2.41. The molecule has 0 saturated heterocycles. The van der Waals surface area contributed by atoms with Gasteiger partial charge < -0.3 is 15.4 Å². The number of carbonyl (C=O) groups is 3. The van der Waals surface area contributed by atoms with Gasteiger partial charge in [-0.3, -0.25) is 14.6 Å². The molecule has 0 radical (unpaired) electrons. The third kappa shape index (κ3) is 6.57. The monoisotopic (exact) mass is 532 g/mol. The van der Waals surface area contributed by atoms with Gasteiger partial charge in [0.2, 0.25) is 11.8 Å². The first kappa shape index (κ1) is 26.6. The van der Waals surface area contributed by atoms with Gasteiger partial charge in [0.25, 0.3) is 5.92 Å². The smallest absolute Gasteiger partial charge is 0.329 e. The zero-order valence-electron chi connectivity index (χ0n) is 18.8. The molecule has 2 amide bonds. The predicted molar refractivity (Wildman–Crippen MR) is 131 cm³/mol. The normalized spacial score (nSPS) is 26.9. The summed E-state index contributed by atoms with van der Waals surface area (Å²) in [5.41, 5.74) is -0.506. The average molecular weight is 533 g/mol. The number of halogens is 2. The Morgan fingerprint density at radius 1 is 1.38 bits per heavy atom. The second-order valence-corrected chi connectivity index (χ2v) is 10.8. The van der Waals surface area contributed by atoms with E-state index in [0.29, 0.717) is 27.6 Å². The average Bonchev–Trinajstić information content (AvgIpc) is 3.41. The van der Waals surface area contributed by atoms with Gasteiger partial charge in [-0.25, -0.2) is 18.6 Å². The number of aromatic nitrogens is 1. The van der Waals surface area contributed by atoms with Crippen LogP contribution in [0.1, 0.15) is 37.9 Å². The first-order valence-corrected chi connectivity index (χ1v) is 13.1. The third-order valence-corrected chi connectivity index (χ3v) is 7.71. The summed E-state index contributed by atoms with van der Waals surface area (Å²) in [4.78, 5) is 47.6. The van der Waals surface area contributed by atoms with Crippen LogP contribution in [0.5, 0.6) is 0 Å². The van der Waals surface area contributed by atoms with Crippen molar-refractivity contribution >= 4 is 58.6 Å². The predicted octanol–water partition coefficient (Wildman–Crippen LogP) is 2.59. The van der Waals surface area contributed by atoms with E-state index in [2.05, 4.69) is 33.2 Å². The minimum absolute atomic E-state index is 0.116. The molecule has 2 aliphatic rings. The van der Waals surface area contributed by atoms with Crippen LogP contribution < -0.4 is 10.6 Å². The molecule has 3 rings (SSSR count). The zero-order chi connectivity index (χ0) is 25.1. The lowest BCUT2D eigenvalue weighted by Gasteiger charge is -2.27. The van der Waals surface area contributed by atoms with Crippen molar-refractivity contribution in [3.8, 4) is 0 Å². The topological polar surface area (TPSA) is 110 Å². The van der Waals surface area contributed by atoms with Crippen molar-refractivity contribution in [3.05, 3.63) is 28.2 Å². The van der Waals surface area contributed by atoms with Gasteiger partial charge in [0.1, 0.15) is 33.4 Å². The van der Waals surface area contributed by atoms with Crippen molar-refractivity contribution < 1.29 is 27.9 Å². The summed E-state index contributed by atoms with van der Waals surface area (Å²) >= 11 is 6.32. The van der Waals surface area contributed by atoms with Crippen LogP contribution in [-0.4, -0.2) is 62.9 Å². The molecule has 3 heterocycles. The molecule has 0 saturated carbocycles. The number of thiazole rings is 1. The third-order valence-electron chi connectivity index (χ3n) is 5.16. The van der Waals surface area contributed by atoms with Crippen molar-refractivity contribution in [2.24, 2.45) is 10.9 Å². The largest absolute Gasteiger partial charge is 0.456 e. The molecule has 186 valence electrons. The highest BCUT2D eigenvalue weighted by Crippen LogP contribution is 2.32. The van der Waals surface area contributed by atoms with Crippen LogP contribution in [0.25, 0.3) is 0 Å². The summed E-state index contributed by atoms with van der Waals surface area (Å²) < 4.78 is 32.8. The van der Waals surface area contributed by atoms with E-state index >= 15 is 0 Å². The SMILES string of the molecule is CC(C)[C@@H]1NC(=O)[C@]2(C)CSC(=N2)c2csc(n2)CNC(=O)C[C@@H](/C=C/C(F)(F)CS)OC1=O. The van der Waals surface area contributed by atoms with Gasteiger partial charge in [-0.15, -0.1) is 23.1 Å². The van der Waals surface area contributed by atoms with Crippen LogP contribution >= 0.6 is 35.7 Å². The lowest BCUT2D eigenvalue weighted by Crippen LogP contribution is -2.53. The summed E-state index contributed by atoms with van der Waals surface area (Å²) in [6, 6.07) is -1.06. The van der Waals surface area contributed by atoms with Crippen molar-refractivity contribution in [2.45, 2.75) is 57.3 Å². The number of carbonyl (C=O) groups excluding carboxylic acids is 3. The molecule has 13 heteroatoms. The highest BCUT2D eigenvalue weighted by molar-refractivity contribution is 8.14. The van der Waals surface area contributed by atoms with Crippen molar-refractivity contribution in [2.75, 3.05) is 11.5 Å². The van der Waals surface area contributed by atoms with Crippen LogP contribution in [0.15, 0.2) is 22.5 Å². The first-order valence-electron chi connectivity index (χ1n) is 10.6. The molecule has 0 fully saturated rings. The number of fused-ring (bicyclic) bond motifs is 4. The first-order chi connectivity index (χ1) is 15.9. The Labute approximate surface area is 209 Å². The number of cyclic esters (lactones) is 1. The quantitative estimate of drug-likeness (QED) is 0.313. The van der Waals surface area contributed by atoms with E-state index in [0.717, 1.165) is 6.08 Å². The highest BCUT2D eigenvalue weighted by atomic mass is 32.2. The lowest BCUT2D eigenvalue weighted by molar-refractivity contribution is -0.153. The van der Waals surface area contributed by atoms with Gasteiger partial charge >= 0.3 is 5.97 Å². The lowest BCUT2D eigenvalue weighted by atomic mass is 10.0. The van der Waals surface area contributed by atoms with Gasteiger partial charge in [0, 0.05) is 11.1 Å². The Hall–Kier alpha value is -1.99. The number of amides is 2. The molecule has 0 spiro atoms. The Kier molecular flexibility index (Phi) is 8.40. The minimum Gasteiger partial charge on any atom is -0.456 e. The Bertz CT molecular complexity index is 1010. The van der Waals surface area contributed by atoms with Crippen LogP contribution in [0.4, 0.5) is 8.78 Å². The molecule has 4 bridgehead atoms. The van der Waals surface area contributed by atoms with E-state index in [-0.39, 0.29) is 18.9 Å². The molecule has 0 aromatic carbocycles. The number of alkyl halides is 2. The Morgan fingerprint density at radius 2 is 2.12 bits per heavy atom. The Balaban J connectivity index is 1.94. The van der Waals surface area contributed by atoms with Crippen LogP contribution in [0, 0.1) is 5.92 Å². The van der Waals surface area contributed by atoms with Gasteiger partial charge in [-0.1, -0.05) is 13.8 Å². The fourth-order valence-corrected chi connectivity index (χ4v) is 5.16. The maximum Gasteiger partial charge on any atom is 0.329 e. The van der Waals surface area contributed by atoms with Crippen molar-refractivity contribution in [1.29, 1.82) is 0 Å². The number of rotatable bonds is 4. The number of allylic oxidation sites excluding steroid dienone is 1. The molecule has 1 aromatic rings. The van der Waals surface area contributed by atoms with Gasteiger partial charge in [-0.2, -0.15) is 12.6 Å². The number of thioether (sulfide) groups is 1. The summed E-state index contributed by atoms with van der Waals surface area (Å²) in [7, 11) is 0. The summed E-state index contributed by atoms with van der Waals surface area (Å²) in [5.74, 6) is -5.78. The fourth-order valence-electron chi connectivity index (χ4n) is 3.13. The molecular weight excluding hydrogens is 506 g/mol. The number of ether oxygens (including phenoxy) is 1. The van der Waals surface area contributed by atoms with Gasteiger partial charge in [0.05, 0.1) is 18.7 Å². The minimum atomic E-state index is -3.24. The summed E-state index contributed by atoms with van der Waals surface area (Å²) in [6.45, 7) is 5.22. The van der Waals surface area contributed by atoms with E-state index in [4.69, 9.17) is 4.74 Å². The van der Waals surface area contributed by atoms with Crippen LogP contribution in [0.2, 0.25) is 0 Å². The number of hydrogen-bond donors (Lipinski definition) is 3. The van der Waals surface area contributed by atoms with Gasteiger partial charge in [0.15, 0.2) is 0 Å². The number of aliphatic imine (C=N–C) groups is 1. The number of nitrogens with one attached hydrogen (secondary N) is 2. The molecule has 34 heavy (non-hydrogen) atoms. The fraction of sp³-hybridized carbons (Fsp3) is 0.571. The van der Waals surface area contributed by atoms with Crippen molar-refractivity contribution in [3.63, 3.8) is 0 Å². The Morgan fingerprint density at radius 3 is 2.79 bits per heavy atom. The molecule has 8 nitrogen and oxygen atoms in total. The maximum atomic E-state index is 13.7.